The van der Waals surface area contributed by atoms with Gasteiger partial charge in [-0.1, -0.05) is 6.07 Å². The van der Waals surface area contributed by atoms with Crippen LogP contribution in [0, 0.1) is 5.92 Å². The monoisotopic (exact) mass is 327 g/mol. The van der Waals surface area contributed by atoms with Crippen LogP contribution >= 0.6 is 11.3 Å². The highest BCUT2D eigenvalue weighted by Gasteiger charge is 2.30. The highest BCUT2D eigenvalue weighted by molar-refractivity contribution is 7.14. The molecule has 1 aromatic heterocycles. The molecule has 2 aliphatic rings. The van der Waals surface area contributed by atoms with Crippen LogP contribution in [0.5, 0.6) is 0 Å². The predicted octanol–water partition coefficient (Wildman–Crippen LogP) is 3.07. The van der Waals surface area contributed by atoms with Crippen molar-refractivity contribution in [1.29, 1.82) is 0 Å². The SMILES string of the molecule is CC(=O)N1CCc2cc(-c3csc(NC(=O)C4CC4)n3)ccc21. The van der Waals surface area contributed by atoms with Crippen molar-refractivity contribution < 1.29 is 9.59 Å². The van der Waals surface area contributed by atoms with Gasteiger partial charge in [0.25, 0.3) is 0 Å². The van der Waals surface area contributed by atoms with Gasteiger partial charge in [0, 0.05) is 36.0 Å². The van der Waals surface area contributed by atoms with Crippen LogP contribution < -0.4 is 10.2 Å². The molecule has 5 nitrogen and oxygen atoms in total. The lowest BCUT2D eigenvalue weighted by Crippen LogP contribution is -2.25. The van der Waals surface area contributed by atoms with Crippen molar-refractivity contribution in [3.05, 3.63) is 29.1 Å². The second kappa shape index (κ2) is 5.45. The Labute approximate surface area is 138 Å². The Hall–Kier alpha value is -2.21. The Morgan fingerprint density at radius 1 is 1.35 bits per heavy atom. The van der Waals surface area contributed by atoms with Gasteiger partial charge in [0.15, 0.2) is 5.13 Å². The molecule has 1 aliphatic heterocycles. The molecule has 0 bridgehead atoms. The van der Waals surface area contributed by atoms with Gasteiger partial charge in [-0.15, -0.1) is 11.3 Å². The molecule has 0 atom stereocenters. The van der Waals surface area contributed by atoms with Gasteiger partial charge in [0.2, 0.25) is 11.8 Å². The van der Waals surface area contributed by atoms with Gasteiger partial charge < -0.3 is 10.2 Å². The van der Waals surface area contributed by atoms with E-state index >= 15 is 0 Å². The number of carbonyl (C=O) groups is 2. The molecule has 4 rings (SSSR count). The van der Waals surface area contributed by atoms with E-state index in [4.69, 9.17) is 0 Å². The summed E-state index contributed by atoms with van der Waals surface area (Å²) in [6, 6.07) is 6.07. The maximum absolute atomic E-state index is 11.8. The quantitative estimate of drug-likeness (QED) is 0.942. The summed E-state index contributed by atoms with van der Waals surface area (Å²) >= 11 is 1.45. The van der Waals surface area contributed by atoms with E-state index in [1.54, 1.807) is 11.8 Å². The number of carbonyl (C=O) groups excluding carboxylic acids is 2. The topological polar surface area (TPSA) is 62.3 Å². The van der Waals surface area contributed by atoms with Crippen molar-refractivity contribution in [2.24, 2.45) is 5.92 Å². The van der Waals surface area contributed by atoms with Gasteiger partial charge in [0.05, 0.1) is 5.69 Å². The van der Waals surface area contributed by atoms with Crippen LogP contribution in [-0.4, -0.2) is 23.3 Å². The molecule has 2 aromatic rings. The Balaban J connectivity index is 1.56. The van der Waals surface area contributed by atoms with Crippen molar-refractivity contribution in [2.75, 3.05) is 16.8 Å². The molecule has 1 aliphatic carbocycles. The van der Waals surface area contributed by atoms with Crippen molar-refractivity contribution >= 4 is 34.0 Å². The van der Waals surface area contributed by atoms with Gasteiger partial charge >= 0.3 is 0 Å². The van der Waals surface area contributed by atoms with Crippen LogP contribution in [0.4, 0.5) is 10.8 Å². The van der Waals surface area contributed by atoms with Crippen LogP contribution in [0.1, 0.15) is 25.3 Å². The lowest BCUT2D eigenvalue weighted by atomic mass is 10.1. The number of nitrogens with zero attached hydrogens (tertiary/aromatic N) is 2. The Morgan fingerprint density at radius 2 is 2.17 bits per heavy atom. The third kappa shape index (κ3) is 2.74. The first-order valence-electron chi connectivity index (χ1n) is 7.79. The van der Waals surface area contributed by atoms with Crippen LogP contribution in [-0.2, 0) is 16.0 Å². The van der Waals surface area contributed by atoms with E-state index in [0.29, 0.717) is 5.13 Å². The molecule has 2 heterocycles. The number of amides is 2. The molecule has 1 fully saturated rings. The van der Waals surface area contributed by atoms with E-state index in [-0.39, 0.29) is 17.7 Å². The Bertz CT molecular complexity index is 795. The van der Waals surface area contributed by atoms with Crippen LogP contribution in [0.3, 0.4) is 0 Å². The first-order chi connectivity index (χ1) is 11.1. The van der Waals surface area contributed by atoms with E-state index in [2.05, 4.69) is 16.4 Å². The molecule has 6 heteroatoms. The zero-order chi connectivity index (χ0) is 16.0. The molecule has 1 aromatic carbocycles. The molecule has 23 heavy (non-hydrogen) atoms. The van der Waals surface area contributed by atoms with Crippen LogP contribution in [0.2, 0.25) is 0 Å². The van der Waals surface area contributed by atoms with E-state index in [1.165, 1.54) is 16.9 Å². The standard InChI is InChI=1S/C17H17N3O2S/c1-10(21)20-7-6-13-8-12(4-5-15(13)20)14-9-23-17(18-14)19-16(22)11-2-3-11/h4-5,8-9,11H,2-3,6-7H2,1H3,(H,18,19,22). The lowest BCUT2D eigenvalue weighted by molar-refractivity contribution is -0.117. The molecule has 2 amide bonds. The van der Waals surface area contributed by atoms with Crippen molar-refractivity contribution in [1.82, 2.24) is 4.98 Å². The Kier molecular flexibility index (Phi) is 3.41. The van der Waals surface area contributed by atoms with Gasteiger partial charge in [-0.05, 0) is 37.0 Å². The van der Waals surface area contributed by atoms with E-state index in [0.717, 1.165) is 42.8 Å². The van der Waals surface area contributed by atoms with Crippen molar-refractivity contribution in [3.8, 4) is 11.3 Å². The highest BCUT2D eigenvalue weighted by atomic mass is 32.1. The lowest BCUT2D eigenvalue weighted by Gasteiger charge is -2.14. The van der Waals surface area contributed by atoms with Gasteiger partial charge in [-0.3, -0.25) is 9.59 Å². The zero-order valence-corrected chi connectivity index (χ0v) is 13.7. The maximum atomic E-state index is 11.8. The predicted molar refractivity (Wildman–Crippen MR) is 90.6 cm³/mol. The number of thiazole rings is 1. The summed E-state index contributed by atoms with van der Waals surface area (Å²) in [5.41, 5.74) is 4.07. The minimum absolute atomic E-state index is 0.0789. The summed E-state index contributed by atoms with van der Waals surface area (Å²) < 4.78 is 0. The van der Waals surface area contributed by atoms with Crippen LogP contribution in [0.25, 0.3) is 11.3 Å². The van der Waals surface area contributed by atoms with E-state index in [9.17, 15) is 9.59 Å². The number of benzene rings is 1. The largest absolute Gasteiger partial charge is 0.312 e. The maximum Gasteiger partial charge on any atom is 0.229 e. The average Bonchev–Trinajstić information content (AvgIpc) is 3.14. The molecule has 0 radical (unpaired) electrons. The molecular formula is C17H17N3O2S. The third-order valence-corrected chi connectivity index (χ3v) is 5.09. The van der Waals surface area contributed by atoms with Gasteiger partial charge in [-0.25, -0.2) is 4.98 Å². The normalized spacial score (nSPS) is 16.3. The Morgan fingerprint density at radius 3 is 2.91 bits per heavy atom. The van der Waals surface area contributed by atoms with Gasteiger partial charge in [0.1, 0.15) is 0 Å². The zero-order valence-electron chi connectivity index (χ0n) is 12.8. The summed E-state index contributed by atoms with van der Waals surface area (Å²) in [6.07, 6.45) is 2.85. The number of fused-ring (bicyclic) bond motifs is 1. The second-order valence-corrected chi connectivity index (χ2v) is 6.92. The number of hydrogen-bond acceptors (Lipinski definition) is 4. The minimum atomic E-state index is 0.0789. The number of nitrogens with one attached hydrogen (secondary N) is 1. The van der Waals surface area contributed by atoms with Crippen molar-refractivity contribution in [2.45, 2.75) is 26.2 Å². The van der Waals surface area contributed by atoms with Gasteiger partial charge in [-0.2, -0.15) is 0 Å². The van der Waals surface area contributed by atoms with E-state index < -0.39 is 0 Å². The molecule has 118 valence electrons. The number of rotatable bonds is 3. The first-order valence-corrected chi connectivity index (χ1v) is 8.67. The second-order valence-electron chi connectivity index (χ2n) is 6.07. The third-order valence-electron chi connectivity index (χ3n) is 4.33. The molecular weight excluding hydrogens is 310 g/mol. The van der Waals surface area contributed by atoms with Crippen LogP contribution in [0.15, 0.2) is 23.6 Å². The number of hydrogen-bond donors (Lipinski definition) is 1. The number of aromatic nitrogens is 1. The van der Waals surface area contributed by atoms with E-state index in [1.807, 2.05) is 17.5 Å². The smallest absolute Gasteiger partial charge is 0.229 e. The first kappa shape index (κ1) is 14.4. The molecule has 1 N–H and O–H groups in total. The fraction of sp³-hybridized carbons (Fsp3) is 0.353. The summed E-state index contributed by atoms with van der Waals surface area (Å²) in [7, 11) is 0. The minimum Gasteiger partial charge on any atom is -0.312 e. The van der Waals surface area contributed by atoms with Crippen molar-refractivity contribution in [3.63, 3.8) is 0 Å². The summed E-state index contributed by atoms with van der Waals surface area (Å²) in [5.74, 6) is 0.340. The molecule has 0 unspecified atom stereocenters. The summed E-state index contributed by atoms with van der Waals surface area (Å²) in [6.45, 7) is 2.34. The summed E-state index contributed by atoms with van der Waals surface area (Å²) in [5, 5.41) is 5.50. The highest BCUT2D eigenvalue weighted by Crippen LogP contribution is 2.34. The molecule has 1 saturated carbocycles. The fourth-order valence-electron chi connectivity index (χ4n) is 2.90. The summed E-state index contributed by atoms with van der Waals surface area (Å²) in [4.78, 5) is 29.7. The molecule has 0 saturated heterocycles. The molecule has 0 spiro atoms. The fourth-order valence-corrected chi connectivity index (χ4v) is 3.63. The number of anilines is 2. The average molecular weight is 327 g/mol.